The first kappa shape index (κ1) is 17.9. The van der Waals surface area contributed by atoms with Crippen molar-refractivity contribution in [3.63, 3.8) is 0 Å². The normalized spacial score (nSPS) is 16.6. The van der Waals surface area contributed by atoms with Crippen molar-refractivity contribution in [3.05, 3.63) is 89.7 Å². The third-order valence-electron chi connectivity index (χ3n) is 5.72. The lowest BCUT2D eigenvalue weighted by Crippen LogP contribution is -2.50. The van der Waals surface area contributed by atoms with Gasteiger partial charge in [-0.05, 0) is 24.3 Å². The maximum absolute atomic E-state index is 13.6. The molecule has 146 valence electrons. The maximum atomic E-state index is 13.6. The second-order valence-corrected chi connectivity index (χ2v) is 7.53. The molecule has 0 N–H and O–H groups in total. The van der Waals surface area contributed by atoms with Crippen LogP contribution < -0.4 is 4.74 Å². The molecule has 2 aliphatic heterocycles. The van der Waals surface area contributed by atoms with Crippen molar-refractivity contribution in [3.8, 4) is 11.5 Å². The van der Waals surface area contributed by atoms with Gasteiger partial charge in [-0.3, -0.25) is 14.7 Å². The van der Waals surface area contributed by atoms with Crippen molar-refractivity contribution < 1.29 is 9.53 Å². The summed E-state index contributed by atoms with van der Waals surface area (Å²) < 4.78 is 6.04. The van der Waals surface area contributed by atoms with E-state index in [1.165, 1.54) is 0 Å². The van der Waals surface area contributed by atoms with Crippen molar-refractivity contribution in [2.45, 2.75) is 12.5 Å². The molecule has 0 aliphatic carbocycles. The minimum atomic E-state index is -0.307. The van der Waals surface area contributed by atoms with Gasteiger partial charge in [-0.15, -0.1) is 0 Å². The Morgan fingerprint density at radius 1 is 0.862 bits per heavy atom. The highest BCUT2D eigenvalue weighted by Crippen LogP contribution is 2.44. The van der Waals surface area contributed by atoms with E-state index in [2.05, 4.69) is 9.88 Å². The number of fused-ring (bicyclic) bond motifs is 2. The van der Waals surface area contributed by atoms with Crippen molar-refractivity contribution in [2.75, 3.05) is 26.2 Å². The molecular formula is C24H23N3O2. The van der Waals surface area contributed by atoms with E-state index in [1.54, 1.807) is 0 Å². The number of para-hydroxylation sites is 2. The molecule has 1 fully saturated rings. The molecule has 0 bridgehead atoms. The van der Waals surface area contributed by atoms with E-state index in [4.69, 9.17) is 4.74 Å². The molecule has 29 heavy (non-hydrogen) atoms. The van der Waals surface area contributed by atoms with E-state index >= 15 is 0 Å². The van der Waals surface area contributed by atoms with Gasteiger partial charge in [-0.2, -0.15) is 0 Å². The lowest BCUT2D eigenvalue weighted by atomic mass is 9.86. The standard InChI is InChI=1S/C24H23N3O2/c28-24(27-15-13-26(14-16-27)17-18-7-5-6-12-25-18)23-19-8-1-3-10-21(19)29-22-11-4-2-9-20(22)23/h1-12,23H,13-17H2. The zero-order valence-corrected chi connectivity index (χ0v) is 16.2. The van der Waals surface area contributed by atoms with E-state index in [-0.39, 0.29) is 11.8 Å². The van der Waals surface area contributed by atoms with Crippen LogP contribution in [0.15, 0.2) is 72.9 Å². The smallest absolute Gasteiger partial charge is 0.234 e. The van der Waals surface area contributed by atoms with Crippen LogP contribution in [0.1, 0.15) is 22.7 Å². The molecule has 1 saturated heterocycles. The predicted octanol–water partition coefficient (Wildman–Crippen LogP) is 3.66. The molecule has 1 amide bonds. The SMILES string of the molecule is O=C(C1c2ccccc2Oc2ccccc21)N1CCN(Cc2ccccn2)CC1. The van der Waals surface area contributed by atoms with Crippen LogP contribution in [0.25, 0.3) is 0 Å². The third-order valence-corrected chi connectivity index (χ3v) is 5.72. The van der Waals surface area contributed by atoms with Gasteiger partial charge in [0.05, 0.1) is 11.6 Å². The average molecular weight is 385 g/mol. The molecular weight excluding hydrogens is 362 g/mol. The number of hydrogen-bond acceptors (Lipinski definition) is 4. The number of piperazine rings is 1. The number of ether oxygens (including phenoxy) is 1. The van der Waals surface area contributed by atoms with E-state index in [9.17, 15) is 4.79 Å². The molecule has 0 saturated carbocycles. The number of rotatable bonds is 3. The highest BCUT2D eigenvalue weighted by molar-refractivity contribution is 5.89. The van der Waals surface area contributed by atoms with E-state index < -0.39 is 0 Å². The van der Waals surface area contributed by atoms with Gasteiger partial charge in [0.1, 0.15) is 11.5 Å². The molecule has 3 aromatic rings. The van der Waals surface area contributed by atoms with Crippen LogP contribution in [0.5, 0.6) is 11.5 Å². The molecule has 1 aromatic heterocycles. The number of amides is 1. The van der Waals surface area contributed by atoms with Crippen LogP contribution in [0.4, 0.5) is 0 Å². The number of aromatic nitrogens is 1. The minimum Gasteiger partial charge on any atom is -0.457 e. The Morgan fingerprint density at radius 3 is 2.10 bits per heavy atom. The quantitative estimate of drug-likeness (QED) is 0.690. The van der Waals surface area contributed by atoms with Crippen molar-refractivity contribution in [1.82, 2.24) is 14.8 Å². The van der Waals surface area contributed by atoms with E-state index in [1.807, 2.05) is 77.8 Å². The Morgan fingerprint density at radius 2 is 1.48 bits per heavy atom. The van der Waals surface area contributed by atoms with Gasteiger partial charge in [-0.1, -0.05) is 42.5 Å². The Bertz CT molecular complexity index is 968. The van der Waals surface area contributed by atoms with Crippen LogP contribution in [-0.2, 0) is 11.3 Å². The molecule has 5 rings (SSSR count). The van der Waals surface area contributed by atoms with Gasteiger partial charge in [0.2, 0.25) is 5.91 Å². The van der Waals surface area contributed by atoms with Crippen molar-refractivity contribution in [2.24, 2.45) is 0 Å². The summed E-state index contributed by atoms with van der Waals surface area (Å²) in [5.41, 5.74) is 2.97. The molecule has 5 heteroatoms. The van der Waals surface area contributed by atoms with Crippen LogP contribution >= 0.6 is 0 Å². The van der Waals surface area contributed by atoms with Crippen molar-refractivity contribution in [1.29, 1.82) is 0 Å². The molecule has 3 heterocycles. The highest BCUT2D eigenvalue weighted by atomic mass is 16.5. The second-order valence-electron chi connectivity index (χ2n) is 7.53. The topological polar surface area (TPSA) is 45.7 Å². The zero-order valence-electron chi connectivity index (χ0n) is 16.2. The summed E-state index contributed by atoms with van der Waals surface area (Å²) in [6.45, 7) is 4.00. The lowest BCUT2D eigenvalue weighted by molar-refractivity contribution is -0.133. The van der Waals surface area contributed by atoms with Gasteiger partial charge in [0.15, 0.2) is 0 Å². The van der Waals surface area contributed by atoms with Crippen LogP contribution in [0.2, 0.25) is 0 Å². The summed E-state index contributed by atoms with van der Waals surface area (Å²) >= 11 is 0. The Labute approximate surface area is 170 Å². The molecule has 0 radical (unpaired) electrons. The van der Waals surface area contributed by atoms with E-state index in [0.717, 1.165) is 61.0 Å². The number of hydrogen-bond donors (Lipinski definition) is 0. The van der Waals surface area contributed by atoms with Gasteiger partial charge < -0.3 is 9.64 Å². The number of nitrogens with zero attached hydrogens (tertiary/aromatic N) is 3. The monoisotopic (exact) mass is 385 g/mol. The van der Waals surface area contributed by atoms with Crippen molar-refractivity contribution >= 4 is 5.91 Å². The molecule has 0 spiro atoms. The summed E-state index contributed by atoms with van der Waals surface area (Å²) in [6, 6.07) is 21.7. The Kier molecular flexibility index (Phi) is 4.74. The lowest BCUT2D eigenvalue weighted by Gasteiger charge is -2.37. The molecule has 2 aliphatic rings. The van der Waals surface area contributed by atoms with Crippen LogP contribution in [-0.4, -0.2) is 46.9 Å². The number of carbonyl (C=O) groups is 1. The summed E-state index contributed by atoms with van der Waals surface area (Å²) in [7, 11) is 0. The summed E-state index contributed by atoms with van der Waals surface area (Å²) in [5.74, 6) is 1.40. The number of benzene rings is 2. The summed E-state index contributed by atoms with van der Waals surface area (Å²) in [6.07, 6.45) is 1.83. The second kappa shape index (κ2) is 7.68. The number of pyridine rings is 1. The Balaban J connectivity index is 1.34. The van der Waals surface area contributed by atoms with Crippen LogP contribution in [0.3, 0.4) is 0 Å². The Hall–Kier alpha value is -3.18. The first-order valence-corrected chi connectivity index (χ1v) is 10.1. The molecule has 5 nitrogen and oxygen atoms in total. The van der Waals surface area contributed by atoms with Gasteiger partial charge in [-0.25, -0.2) is 0 Å². The third kappa shape index (κ3) is 3.49. The van der Waals surface area contributed by atoms with Crippen LogP contribution in [0, 0.1) is 0 Å². The van der Waals surface area contributed by atoms with Gasteiger partial charge >= 0.3 is 0 Å². The summed E-state index contributed by atoms with van der Waals surface area (Å²) in [5, 5.41) is 0. The molecule has 0 atom stereocenters. The van der Waals surface area contributed by atoms with Gasteiger partial charge in [0, 0.05) is 50.0 Å². The fraction of sp³-hybridized carbons (Fsp3) is 0.250. The molecule has 2 aromatic carbocycles. The predicted molar refractivity (Wildman–Crippen MR) is 111 cm³/mol. The summed E-state index contributed by atoms with van der Waals surface area (Å²) in [4.78, 5) is 22.4. The fourth-order valence-electron chi connectivity index (χ4n) is 4.21. The molecule has 0 unspecified atom stereocenters. The first-order chi connectivity index (χ1) is 14.3. The largest absolute Gasteiger partial charge is 0.457 e. The minimum absolute atomic E-state index is 0.158. The van der Waals surface area contributed by atoms with Gasteiger partial charge in [0.25, 0.3) is 0 Å². The maximum Gasteiger partial charge on any atom is 0.234 e. The fourth-order valence-corrected chi connectivity index (χ4v) is 4.21. The zero-order chi connectivity index (χ0) is 19.6. The number of carbonyl (C=O) groups excluding carboxylic acids is 1. The van der Waals surface area contributed by atoms with E-state index in [0.29, 0.717) is 0 Å². The first-order valence-electron chi connectivity index (χ1n) is 10.1. The average Bonchev–Trinajstić information content (AvgIpc) is 2.78. The highest BCUT2D eigenvalue weighted by Gasteiger charge is 2.36.